The monoisotopic (exact) mass is 2000 g/mol. The average molecular weight is 2000 g/mol. The summed E-state index contributed by atoms with van der Waals surface area (Å²) in [7, 11) is 8.82. The van der Waals surface area contributed by atoms with Crippen molar-refractivity contribution in [3.63, 3.8) is 0 Å². The fraction of sp³-hybridized carbons (Fsp3) is 0.257. The standard InChI is InChI=1S/C28H25FN4O4.C27H25FN4O4.2C27H25FN4O3.4CH4/c1-4-6-24(34)32-14-13-19(17-32)28-31-27(21-15-30-16-25(36-3)33(21)28)18-9-11-20(12-10-18)37-23-8-5-7-22(35-2)26(23)29;1-4-23(33)31-13-12-18(16-31)27-30-26(20-14-29-15-24(35-3)32(20)27)17-8-10-19(11-9-17)36-22-7-5-6-21(34-2)25(22)28;1-4-24(33)31-14-6-7-20(31)27-30-26(21-15-29-17(2)16-32(21)27)18-10-12-19(13-11-18)35-23-9-5-8-22(34-3)25(23)28;1-4-24(33)31-14-6-7-20(31)27-30-26(21-16-29-15-17(2)32(21)27)18-10-12-19(13-11-18)35-23-9-5-8-22(34-3)25(23)28;;;;/h5,7-12,15-16,19H,13-14,17H2,1-3H3;4-11,14-15,18H,1,12-13,16H2,2-3H3;2*4-5,8-13,15-16,20H,1,6-7,14H2,2-3H3;4*1H4/t19-;18-;2*20-;;;;/m1100..../s1. The Morgan fingerprint density at radius 3 is 1.07 bits per heavy atom. The minimum absolute atomic E-state index is 0. The van der Waals surface area contributed by atoms with Crippen molar-refractivity contribution in [3.8, 4) is 138 Å². The molecule has 4 atom stereocenters. The number of nitrogens with zero attached hydrogens (tertiary/aromatic N) is 16. The third-order valence-corrected chi connectivity index (χ3v) is 25.1. The van der Waals surface area contributed by atoms with Crippen LogP contribution in [0.15, 0.2) is 257 Å². The van der Waals surface area contributed by atoms with E-state index in [1.165, 1.54) is 70.9 Å². The van der Waals surface area contributed by atoms with Gasteiger partial charge in [-0.1, -0.05) is 79.6 Å². The van der Waals surface area contributed by atoms with Crippen LogP contribution in [0.2, 0.25) is 0 Å². The van der Waals surface area contributed by atoms with E-state index >= 15 is 0 Å². The number of ether oxygens (including phenoxy) is 10. The van der Waals surface area contributed by atoms with Crippen LogP contribution in [-0.4, -0.2) is 183 Å². The number of imidazole rings is 4. The zero-order valence-corrected chi connectivity index (χ0v) is 79.8. The van der Waals surface area contributed by atoms with E-state index in [1.807, 2.05) is 91.6 Å². The molecule has 16 aromatic rings. The Labute approximate surface area is 850 Å². The van der Waals surface area contributed by atoms with Gasteiger partial charge in [-0.05, 0) is 229 Å². The molecule has 12 heterocycles. The summed E-state index contributed by atoms with van der Waals surface area (Å²) in [5, 5.41) is 0. The molecule has 0 bridgehead atoms. The minimum Gasteiger partial charge on any atom is -0.494 e. The van der Waals surface area contributed by atoms with Crippen LogP contribution in [0.1, 0.15) is 134 Å². The summed E-state index contributed by atoms with van der Waals surface area (Å²) in [5.41, 5.74) is 11.4. The molecule has 0 aliphatic carbocycles. The van der Waals surface area contributed by atoms with Crippen LogP contribution in [0, 0.1) is 49.0 Å². The number of aryl methyl sites for hydroxylation is 2. The lowest BCUT2D eigenvalue weighted by atomic mass is 10.1. The number of rotatable bonds is 25. The topological polar surface area (TPSA) is 294 Å². The quantitative estimate of drug-likeness (QED) is 0.0292. The van der Waals surface area contributed by atoms with Gasteiger partial charge in [0.05, 0.1) is 142 Å². The highest BCUT2D eigenvalue weighted by molar-refractivity contribution is 5.94. The van der Waals surface area contributed by atoms with Crippen LogP contribution in [0.3, 0.4) is 0 Å². The van der Waals surface area contributed by atoms with E-state index in [1.54, 1.807) is 171 Å². The lowest BCUT2D eigenvalue weighted by Gasteiger charge is -2.22. The van der Waals surface area contributed by atoms with E-state index in [9.17, 15) is 36.7 Å². The van der Waals surface area contributed by atoms with Crippen molar-refractivity contribution in [3.05, 3.63) is 315 Å². The van der Waals surface area contributed by atoms with Crippen molar-refractivity contribution in [2.75, 3.05) is 81.9 Å². The number of carbonyl (C=O) groups is 4. The van der Waals surface area contributed by atoms with Crippen molar-refractivity contribution in [1.82, 2.24) is 77.1 Å². The van der Waals surface area contributed by atoms with E-state index < -0.39 is 23.3 Å². The molecule has 4 amide bonds. The van der Waals surface area contributed by atoms with Crippen molar-refractivity contribution in [2.24, 2.45) is 0 Å². The molecule has 30 nitrogen and oxygen atoms in total. The van der Waals surface area contributed by atoms with Crippen molar-refractivity contribution < 1.29 is 84.1 Å². The number of hydrogen-bond acceptors (Lipinski definition) is 22. The van der Waals surface area contributed by atoms with Crippen LogP contribution in [0.25, 0.3) is 67.1 Å². The Morgan fingerprint density at radius 1 is 0.374 bits per heavy atom. The maximum Gasteiger partial charge on any atom is 0.298 e. The lowest BCUT2D eigenvalue weighted by molar-refractivity contribution is -0.127. The van der Waals surface area contributed by atoms with Crippen LogP contribution in [-0.2, 0) is 19.2 Å². The SMILES string of the molecule is C.C.C.C.C=CC(=O)N1CCC[C@H]1c1nc(-c2ccc(Oc3cccc(OC)c3F)cc2)c2cnc(C)cn12.C=CC(=O)N1CCC[C@H]1c1nc(-c2ccc(Oc3cccc(OC)c3F)cc2)c2cncc(C)n12.C=CC(=O)N1CC[C@@H](c2nc(-c3ccc(Oc4cccc(OC)c4F)cc3)c3cncc(OC)n23)C1.CC#CC(=O)N1CC[C@@H](c2nc(-c3ccc(Oc4cccc(OC)c4F)cc3)c3cncc(OC)n23)C1. The predicted molar refractivity (Wildman–Crippen MR) is 555 cm³/mol. The number of fused-ring (bicyclic) bond motifs is 4. The first-order chi connectivity index (χ1) is 69.6. The third kappa shape index (κ3) is 22.2. The van der Waals surface area contributed by atoms with Gasteiger partial charge in [0.25, 0.3) is 5.91 Å². The van der Waals surface area contributed by atoms with E-state index in [-0.39, 0.29) is 123 Å². The van der Waals surface area contributed by atoms with Crippen LogP contribution in [0.4, 0.5) is 17.6 Å². The molecule has 760 valence electrons. The van der Waals surface area contributed by atoms with E-state index in [4.69, 9.17) is 67.3 Å². The third-order valence-electron chi connectivity index (χ3n) is 25.1. The summed E-state index contributed by atoms with van der Waals surface area (Å²) < 4.78 is 120. The zero-order valence-electron chi connectivity index (χ0n) is 79.8. The number of amides is 4. The molecule has 4 fully saturated rings. The summed E-state index contributed by atoms with van der Waals surface area (Å²) in [6.07, 6.45) is 23.1. The van der Waals surface area contributed by atoms with E-state index in [0.29, 0.717) is 74.0 Å². The molecule has 4 aliphatic rings. The van der Waals surface area contributed by atoms with Gasteiger partial charge in [0.2, 0.25) is 52.8 Å². The van der Waals surface area contributed by atoms with E-state index in [2.05, 4.69) is 55.9 Å². The molecule has 4 aliphatic heterocycles. The summed E-state index contributed by atoms with van der Waals surface area (Å²) in [6, 6.07) is 47.8. The van der Waals surface area contributed by atoms with Crippen molar-refractivity contribution in [1.29, 1.82) is 0 Å². The molecule has 147 heavy (non-hydrogen) atoms. The number of carbonyl (C=O) groups excluding carboxylic acids is 4. The average Bonchev–Trinajstić information content (AvgIpc) is 1.61. The Kier molecular flexibility index (Phi) is 34.7. The van der Waals surface area contributed by atoms with Gasteiger partial charge in [0.15, 0.2) is 46.0 Å². The van der Waals surface area contributed by atoms with Crippen LogP contribution in [0.5, 0.6) is 80.8 Å². The molecule has 4 saturated heterocycles. The Balaban J connectivity index is 0.000000162. The second kappa shape index (κ2) is 47.7. The molecule has 0 saturated carbocycles. The van der Waals surface area contributed by atoms with Crippen LogP contribution >= 0.6 is 0 Å². The second-order valence-corrected chi connectivity index (χ2v) is 33.6. The molecule has 0 unspecified atom stereocenters. The van der Waals surface area contributed by atoms with Crippen molar-refractivity contribution >= 4 is 45.7 Å². The Hall–Kier alpha value is -17.4. The largest absolute Gasteiger partial charge is 0.494 e. The molecule has 0 radical (unpaired) electrons. The summed E-state index contributed by atoms with van der Waals surface area (Å²) in [6.45, 7) is 20.1. The molecule has 8 aromatic heterocycles. The second-order valence-electron chi connectivity index (χ2n) is 33.6. The summed E-state index contributed by atoms with van der Waals surface area (Å²) in [5.74, 6) is 9.65. The number of hydrogen-bond donors (Lipinski definition) is 0. The maximum atomic E-state index is 14.5. The molecule has 0 spiro atoms. The van der Waals surface area contributed by atoms with Gasteiger partial charge in [-0.2, -0.15) is 17.6 Å². The van der Waals surface area contributed by atoms with Gasteiger partial charge in [-0.3, -0.25) is 56.7 Å². The van der Waals surface area contributed by atoms with Gasteiger partial charge < -0.3 is 67.0 Å². The maximum absolute atomic E-state index is 14.5. The first-order valence-electron chi connectivity index (χ1n) is 46.0. The van der Waals surface area contributed by atoms with E-state index in [0.717, 1.165) is 140 Å². The Morgan fingerprint density at radius 2 is 0.707 bits per heavy atom. The first kappa shape index (κ1) is 107. The van der Waals surface area contributed by atoms with Gasteiger partial charge in [0, 0.05) is 91.4 Å². The highest BCUT2D eigenvalue weighted by Gasteiger charge is 2.38. The normalized spacial score (nSPS) is 14.8. The molecule has 8 aromatic carbocycles. The van der Waals surface area contributed by atoms with Crippen molar-refractivity contribution in [2.45, 2.75) is 113 Å². The smallest absolute Gasteiger partial charge is 0.298 e. The van der Waals surface area contributed by atoms with Gasteiger partial charge >= 0.3 is 0 Å². The number of likely N-dealkylation sites (tertiary alicyclic amines) is 4. The number of methoxy groups -OCH3 is 6. The highest BCUT2D eigenvalue weighted by Crippen LogP contribution is 2.45. The van der Waals surface area contributed by atoms with Gasteiger partial charge in [-0.15, -0.1) is 0 Å². The number of halogens is 4. The molecule has 20 rings (SSSR count). The number of aromatic nitrogens is 12. The minimum atomic E-state index is -0.564. The molecular formula is C113H116F4N16O14. The summed E-state index contributed by atoms with van der Waals surface area (Å²) >= 11 is 0. The molecular weight excluding hydrogens is 1880 g/mol. The summed E-state index contributed by atoms with van der Waals surface area (Å²) in [4.78, 5) is 93.9. The highest BCUT2D eigenvalue weighted by atomic mass is 19.1. The van der Waals surface area contributed by atoms with Crippen LogP contribution < -0.4 is 47.4 Å². The number of benzene rings is 8. The van der Waals surface area contributed by atoms with Gasteiger partial charge in [-0.25, -0.2) is 19.9 Å². The predicted octanol–water partition coefficient (Wildman–Crippen LogP) is 23.1. The molecule has 0 N–H and O–H groups in total. The first-order valence-corrected chi connectivity index (χ1v) is 46.0. The fourth-order valence-corrected chi connectivity index (χ4v) is 18.1. The Bertz CT molecular complexity index is 7550. The lowest BCUT2D eigenvalue weighted by Crippen LogP contribution is -2.30. The fourth-order valence-electron chi connectivity index (χ4n) is 18.1. The zero-order chi connectivity index (χ0) is 100. The van der Waals surface area contributed by atoms with Gasteiger partial charge in [0.1, 0.15) is 46.3 Å². The molecule has 34 heteroatoms.